The first kappa shape index (κ1) is 14.9. The lowest BCUT2D eigenvalue weighted by Gasteiger charge is -2.12. The molecule has 1 aromatic carbocycles. The second-order valence-corrected chi connectivity index (χ2v) is 4.24. The fourth-order valence-electron chi connectivity index (χ4n) is 1.28. The van der Waals surface area contributed by atoms with Crippen LogP contribution in [0.4, 0.5) is 8.78 Å². The van der Waals surface area contributed by atoms with Gasteiger partial charge in [0.25, 0.3) is 0 Å². The predicted octanol–water partition coefficient (Wildman–Crippen LogP) is 3.65. The Morgan fingerprint density at radius 3 is 2.67 bits per heavy atom. The Labute approximate surface area is 112 Å². The zero-order valence-electron chi connectivity index (χ0n) is 9.57. The summed E-state index contributed by atoms with van der Waals surface area (Å²) in [6, 6.07) is 4.09. The number of aldehydes is 1. The van der Waals surface area contributed by atoms with E-state index in [9.17, 15) is 13.6 Å². The minimum Gasteiger partial charge on any atom is -0.490 e. The molecule has 0 bridgehead atoms. The van der Waals surface area contributed by atoms with Crippen LogP contribution >= 0.6 is 15.9 Å². The van der Waals surface area contributed by atoms with Crippen LogP contribution in [0.3, 0.4) is 0 Å². The molecular formula is C12H13BrF2O3. The lowest BCUT2D eigenvalue weighted by Crippen LogP contribution is -2.06. The highest BCUT2D eigenvalue weighted by Crippen LogP contribution is 2.29. The molecule has 3 nitrogen and oxygen atoms in total. The van der Waals surface area contributed by atoms with Crippen molar-refractivity contribution >= 4 is 22.2 Å². The number of hydrogen-bond acceptors (Lipinski definition) is 3. The Kier molecular flexibility index (Phi) is 6.64. The molecule has 18 heavy (non-hydrogen) atoms. The largest absolute Gasteiger partial charge is 0.490 e. The summed E-state index contributed by atoms with van der Waals surface area (Å²) < 4.78 is 34.0. The number of carbonyl (C=O) groups is 1. The number of carbonyl (C=O) groups excluding carboxylic acids is 1. The van der Waals surface area contributed by atoms with Crippen LogP contribution in [0.2, 0.25) is 0 Å². The van der Waals surface area contributed by atoms with Crippen molar-refractivity contribution in [1.29, 1.82) is 0 Å². The van der Waals surface area contributed by atoms with Gasteiger partial charge in [0, 0.05) is 10.9 Å². The maximum atomic E-state index is 12.2. The molecule has 6 heteroatoms. The van der Waals surface area contributed by atoms with E-state index in [4.69, 9.17) is 4.74 Å². The Bertz CT molecular complexity index is 386. The van der Waals surface area contributed by atoms with Crippen LogP contribution in [0.15, 0.2) is 18.2 Å². The maximum Gasteiger partial charge on any atom is 0.387 e. The van der Waals surface area contributed by atoms with Crippen molar-refractivity contribution in [3.63, 3.8) is 0 Å². The zero-order valence-corrected chi connectivity index (χ0v) is 11.2. The first-order chi connectivity index (χ1) is 8.67. The van der Waals surface area contributed by atoms with E-state index in [1.807, 2.05) is 0 Å². The molecule has 0 aliphatic carbocycles. The van der Waals surface area contributed by atoms with Crippen LogP contribution in [0.5, 0.6) is 11.5 Å². The maximum absolute atomic E-state index is 12.2. The number of hydrogen-bond donors (Lipinski definition) is 0. The number of alkyl halides is 3. The molecular weight excluding hydrogens is 310 g/mol. The van der Waals surface area contributed by atoms with Crippen molar-refractivity contribution in [2.45, 2.75) is 19.5 Å². The van der Waals surface area contributed by atoms with Crippen molar-refractivity contribution in [1.82, 2.24) is 0 Å². The standard InChI is InChI=1S/C12H13BrF2O3/c13-5-1-2-6-17-11-7-9(8-16)3-4-10(11)18-12(14)15/h3-4,7-8,12H,1-2,5-6H2. The van der Waals surface area contributed by atoms with Crippen LogP contribution in [0.1, 0.15) is 23.2 Å². The fourth-order valence-corrected chi connectivity index (χ4v) is 1.68. The van der Waals surface area contributed by atoms with Gasteiger partial charge in [-0.05, 0) is 31.0 Å². The topological polar surface area (TPSA) is 35.5 Å². The first-order valence-corrected chi connectivity index (χ1v) is 6.52. The summed E-state index contributed by atoms with van der Waals surface area (Å²) in [5.74, 6) is 0.101. The van der Waals surface area contributed by atoms with E-state index in [-0.39, 0.29) is 11.5 Å². The SMILES string of the molecule is O=Cc1ccc(OC(F)F)c(OCCCCBr)c1. The summed E-state index contributed by atoms with van der Waals surface area (Å²) in [6.07, 6.45) is 2.32. The number of halogens is 3. The van der Waals surface area contributed by atoms with E-state index in [0.717, 1.165) is 18.2 Å². The predicted molar refractivity (Wildman–Crippen MR) is 67.0 cm³/mol. The lowest BCUT2D eigenvalue weighted by atomic mass is 10.2. The van der Waals surface area contributed by atoms with Crippen LogP contribution in [0, 0.1) is 0 Å². The molecule has 1 aromatic rings. The van der Waals surface area contributed by atoms with Gasteiger partial charge >= 0.3 is 6.61 Å². The summed E-state index contributed by atoms with van der Waals surface area (Å²) in [5.41, 5.74) is 0.354. The molecule has 0 aliphatic heterocycles. The molecule has 0 fully saturated rings. The Morgan fingerprint density at radius 2 is 2.06 bits per heavy atom. The molecule has 0 unspecified atom stereocenters. The van der Waals surface area contributed by atoms with Gasteiger partial charge in [0.05, 0.1) is 6.61 Å². The highest BCUT2D eigenvalue weighted by atomic mass is 79.9. The third-order valence-corrected chi connectivity index (χ3v) is 2.67. The summed E-state index contributed by atoms with van der Waals surface area (Å²) in [6.45, 7) is -2.54. The van der Waals surface area contributed by atoms with Gasteiger partial charge in [-0.2, -0.15) is 8.78 Å². The van der Waals surface area contributed by atoms with Gasteiger partial charge in [0.15, 0.2) is 11.5 Å². The summed E-state index contributed by atoms with van der Waals surface area (Å²) in [4.78, 5) is 10.6. The highest BCUT2D eigenvalue weighted by Gasteiger charge is 2.11. The molecule has 0 aliphatic rings. The fraction of sp³-hybridized carbons (Fsp3) is 0.417. The number of benzene rings is 1. The van der Waals surface area contributed by atoms with E-state index in [1.54, 1.807) is 0 Å². The second-order valence-electron chi connectivity index (χ2n) is 3.45. The van der Waals surface area contributed by atoms with E-state index in [2.05, 4.69) is 20.7 Å². The van der Waals surface area contributed by atoms with Crippen LogP contribution < -0.4 is 9.47 Å². The van der Waals surface area contributed by atoms with Crippen molar-refractivity contribution in [2.24, 2.45) is 0 Å². The van der Waals surface area contributed by atoms with Crippen molar-refractivity contribution < 1.29 is 23.0 Å². The molecule has 0 saturated carbocycles. The van der Waals surface area contributed by atoms with Gasteiger partial charge in [-0.3, -0.25) is 4.79 Å². The molecule has 0 atom stereocenters. The van der Waals surface area contributed by atoms with Gasteiger partial charge in [0.1, 0.15) is 6.29 Å². The quantitative estimate of drug-likeness (QED) is 0.416. The molecule has 0 aromatic heterocycles. The zero-order chi connectivity index (χ0) is 13.4. The molecule has 0 spiro atoms. The van der Waals surface area contributed by atoms with Gasteiger partial charge in [-0.15, -0.1) is 0 Å². The van der Waals surface area contributed by atoms with Crippen molar-refractivity contribution in [2.75, 3.05) is 11.9 Å². The van der Waals surface area contributed by atoms with E-state index < -0.39 is 6.61 Å². The minimum absolute atomic E-state index is 0.0607. The van der Waals surface area contributed by atoms with Gasteiger partial charge in [-0.25, -0.2) is 0 Å². The normalized spacial score (nSPS) is 10.4. The highest BCUT2D eigenvalue weighted by molar-refractivity contribution is 9.09. The van der Waals surface area contributed by atoms with Crippen molar-refractivity contribution in [3.05, 3.63) is 23.8 Å². The Balaban J connectivity index is 2.72. The molecule has 1 rings (SSSR count). The smallest absolute Gasteiger partial charge is 0.387 e. The van der Waals surface area contributed by atoms with Gasteiger partial charge in [0.2, 0.25) is 0 Å². The molecule has 0 radical (unpaired) electrons. The molecule has 100 valence electrons. The summed E-state index contributed by atoms with van der Waals surface area (Å²) in [7, 11) is 0. The molecule has 0 amide bonds. The van der Waals surface area contributed by atoms with Crippen molar-refractivity contribution in [3.8, 4) is 11.5 Å². The molecule has 0 saturated heterocycles. The lowest BCUT2D eigenvalue weighted by molar-refractivity contribution is -0.0515. The van der Waals surface area contributed by atoms with Crippen LogP contribution in [0.25, 0.3) is 0 Å². The van der Waals surface area contributed by atoms with E-state index in [1.165, 1.54) is 18.2 Å². The third kappa shape index (κ3) is 5.00. The average Bonchev–Trinajstić information content (AvgIpc) is 2.35. The second kappa shape index (κ2) is 8.02. The number of ether oxygens (including phenoxy) is 2. The van der Waals surface area contributed by atoms with Crippen LogP contribution in [-0.2, 0) is 0 Å². The van der Waals surface area contributed by atoms with E-state index in [0.29, 0.717) is 18.5 Å². The molecule has 0 heterocycles. The monoisotopic (exact) mass is 322 g/mol. The first-order valence-electron chi connectivity index (χ1n) is 5.40. The Hall–Kier alpha value is -1.17. The Morgan fingerprint density at radius 1 is 1.28 bits per heavy atom. The number of unbranched alkanes of at least 4 members (excludes halogenated alkanes) is 1. The number of rotatable bonds is 8. The summed E-state index contributed by atoms with van der Waals surface area (Å²) >= 11 is 3.28. The summed E-state index contributed by atoms with van der Waals surface area (Å²) in [5, 5.41) is 0.852. The van der Waals surface area contributed by atoms with Gasteiger partial charge in [-0.1, -0.05) is 15.9 Å². The van der Waals surface area contributed by atoms with E-state index >= 15 is 0 Å². The third-order valence-electron chi connectivity index (χ3n) is 2.11. The average molecular weight is 323 g/mol. The van der Waals surface area contributed by atoms with Gasteiger partial charge < -0.3 is 9.47 Å². The minimum atomic E-state index is -2.92. The molecule has 0 N–H and O–H groups in total. The van der Waals surface area contributed by atoms with Crippen LogP contribution in [-0.4, -0.2) is 24.8 Å².